The first-order valence-electron chi connectivity index (χ1n) is 6.09. The van der Waals surface area contributed by atoms with Crippen molar-refractivity contribution >= 4 is 11.6 Å². The second-order valence-electron chi connectivity index (χ2n) is 4.27. The summed E-state index contributed by atoms with van der Waals surface area (Å²) in [6.45, 7) is 0.390. The first-order valence-corrected chi connectivity index (χ1v) is 6.62. The molecule has 0 radical (unpaired) electrons. The highest BCUT2D eigenvalue weighted by Crippen LogP contribution is 2.39. The fourth-order valence-electron chi connectivity index (χ4n) is 1.86. The summed E-state index contributed by atoms with van der Waals surface area (Å²) in [4.78, 5) is 0. The largest absolute Gasteiger partial charge is 0.493 e. The fourth-order valence-corrected chi connectivity index (χ4v) is 2.01. The predicted octanol–water partition coefficient (Wildman–Crippen LogP) is 2.76. The number of benzene rings is 1. The van der Waals surface area contributed by atoms with Crippen molar-refractivity contribution < 1.29 is 14.2 Å². The predicted molar refractivity (Wildman–Crippen MR) is 76.6 cm³/mol. The van der Waals surface area contributed by atoms with Gasteiger partial charge in [0, 0.05) is 24.7 Å². The lowest BCUT2D eigenvalue weighted by molar-refractivity contribution is 0.265. The molecule has 0 aliphatic carbocycles. The van der Waals surface area contributed by atoms with Gasteiger partial charge in [0.1, 0.15) is 6.61 Å². The van der Waals surface area contributed by atoms with Gasteiger partial charge in [-0.2, -0.15) is 5.10 Å². The fraction of sp³-hybridized carbons (Fsp3) is 0.357. The number of ether oxygens (including phenoxy) is 3. The summed E-state index contributed by atoms with van der Waals surface area (Å²) in [6.07, 6.45) is 3.65. The van der Waals surface area contributed by atoms with E-state index < -0.39 is 0 Å². The molecule has 2 rings (SSSR count). The topological polar surface area (TPSA) is 45.5 Å². The van der Waals surface area contributed by atoms with Crippen molar-refractivity contribution in [2.45, 2.75) is 12.5 Å². The van der Waals surface area contributed by atoms with Gasteiger partial charge < -0.3 is 14.2 Å². The molecular formula is C14H17ClN2O3. The highest BCUT2D eigenvalue weighted by atomic mass is 35.5. The van der Waals surface area contributed by atoms with E-state index in [9.17, 15) is 0 Å². The highest BCUT2D eigenvalue weighted by molar-refractivity contribution is 6.17. The summed E-state index contributed by atoms with van der Waals surface area (Å²) in [5, 5.41) is 4.10. The Morgan fingerprint density at radius 2 is 1.80 bits per heavy atom. The van der Waals surface area contributed by atoms with E-state index in [0.29, 0.717) is 29.7 Å². The number of aryl methyl sites for hydroxylation is 1. The van der Waals surface area contributed by atoms with E-state index in [4.69, 9.17) is 25.8 Å². The molecule has 0 amide bonds. The van der Waals surface area contributed by atoms with E-state index in [2.05, 4.69) is 5.10 Å². The minimum atomic E-state index is 0.385. The van der Waals surface area contributed by atoms with Crippen molar-refractivity contribution in [2.75, 3.05) is 14.2 Å². The van der Waals surface area contributed by atoms with Crippen LogP contribution in [0.25, 0.3) is 0 Å². The van der Waals surface area contributed by atoms with Crippen molar-refractivity contribution in [1.29, 1.82) is 0 Å². The minimum absolute atomic E-state index is 0.385. The van der Waals surface area contributed by atoms with Crippen LogP contribution in [0.2, 0.25) is 0 Å². The molecule has 5 nitrogen and oxygen atoms in total. The number of nitrogens with zero attached hydrogens (tertiary/aromatic N) is 2. The molecule has 0 aliphatic heterocycles. The molecule has 0 bridgehead atoms. The maximum Gasteiger partial charge on any atom is 0.203 e. The summed E-state index contributed by atoms with van der Waals surface area (Å²) in [5.41, 5.74) is 1.88. The lowest BCUT2D eigenvalue weighted by Gasteiger charge is -2.15. The Morgan fingerprint density at radius 1 is 1.15 bits per heavy atom. The van der Waals surface area contributed by atoms with Crippen LogP contribution in [0.15, 0.2) is 24.5 Å². The van der Waals surface area contributed by atoms with Gasteiger partial charge in [0.05, 0.1) is 20.4 Å². The molecule has 0 fully saturated rings. The first kappa shape index (κ1) is 14.5. The normalized spacial score (nSPS) is 10.4. The zero-order valence-corrected chi connectivity index (χ0v) is 12.5. The van der Waals surface area contributed by atoms with Gasteiger partial charge in [-0.05, 0) is 17.7 Å². The van der Waals surface area contributed by atoms with Gasteiger partial charge in [0.25, 0.3) is 0 Å². The van der Waals surface area contributed by atoms with E-state index in [0.717, 1.165) is 11.1 Å². The van der Waals surface area contributed by atoms with Gasteiger partial charge in [0.15, 0.2) is 11.5 Å². The maximum absolute atomic E-state index is 5.85. The molecule has 0 unspecified atom stereocenters. The molecule has 0 N–H and O–H groups in total. The lowest BCUT2D eigenvalue weighted by atomic mass is 10.2. The summed E-state index contributed by atoms with van der Waals surface area (Å²) < 4.78 is 18.2. The monoisotopic (exact) mass is 296 g/mol. The van der Waals surface area contributed by atoms with Gasteiger partial charge in [0.2, 0.25) is 5.75 Å². The third-order valence-corrected chi connectivity index (χ3v) is 3.12. The number of methoxy groups -OCH3 is 2. The van der Waals surface area contributed by atoms with E-state index in [1.807, 2.05) is 25.4 Å². The van der Waals surface area contributed by atoms with Crippen LogP contribution in [0.3, 0.4) is 0 Å². The molecule has 20 heavy (non-hydrogen) atoms. The third-order valence-electron chi connectivity index (χ3n) is 2.82. The minimum Gasteiger partial charge on any atom is -0.493 e. The molecule has 0 aliphatic rings. The average molecular weight is 297 g/mol. The van der Waals surface area contributed by atoms with Crippen LogP contribution < -0.4 is 14.2 Å². The van der Waals surface area contributed by atoms with Crippen LogP contribution in [0, 0.1) is 0 Å². The van der Waals surface area contributed by atoms with Crippen LogP contribution in [0.1, 0.15) is 11.1 Å². The summed E-state index contributed by atoms with van der Waals surface area (Å²) in [7, 11) is 5.04. The molecule has 1 heterocycles. The van der Waals surface area contributed by atoms with Gasteiger partial charge >= 0.3 is 0 Å². The van der Waals surface area contributed by atoms with Crippen LogP contribution >= 0.6 is 11.6 Å². The Bertz CT molecular complexity index is 559. The van der Waals surface area contributed by atoms with Gasteiger partial charge in [-0.25, -0.2) is 0 Å². The standard InChI is InChI=1S/C14H17ClN2O3/c1-17-8-11(7-16-17)9-20-14-12(18-2)4-10(6-15)5-13(14)19-3/h4-5,7-8H,6,9H2,1-3H3. The zero-order chi connectivity index (χ0) is 14.5. The van der Waals surface area contributed by atoms with E-state index in [-0.39, 0.29) is 0 Å². The second-order valence-corrected chi connectivity index (χ2v) is 4.54. The smallest absolute Gasteiger partial charge is 0.203 e. The van der Waals surface area contributed by atoms with Crippen LogP contribution in [-0.4, -0.2) is 24.0 Å². The van der Waals surface area contributed by atoms with Crippen molar-refractivity contribution in [3.8, 4) is 17.2 Å². The number of rotatable bonds is 6. The van der Waals surface area contributed by atoms with Crippen LogP contribution in [0.5, 0.6) is 17.2 Å². The summed E-state index contributed by atoms with van der Waals surface area (Å²) in [6, 6.07) is 3.68. The Balaban J connectivity index is 2.24. The first-order chi connectivity index (χ1) is 9.67. The molecule has 108 valence electrons. The Labute approximate surface area is 123 Å². The van der Waals surface area contributed by atoms with E-state index >= 15 is 0 Å². The van der Waals surface area contributed by atoms with Crippen molar-refractivity contribution in [1.82, 2.24) is 9.78 Å². The molecule has 0 spiro atoms. The SMILES string of the molecule is COc1cc(CCl)cc(OC)c1OCc1cnn(C)c1. The molecule has 0 atom stereocenters. The number of alkyl halides is 1. The number of hydrogen-bond donors (Lipinski definition) is 0. The molecule has 2 aromatic rings. The summed E-state index contributed by atoms with van der Waals surface area (Å²) >= 11 is 5.85. The van der Waals surface area contributed by atoms with Gasteiger partial charge in [-0.1, -0.05) is 0 Å². The highest BCUT2D eigenvalue weighted by Gasteiger charge is 2.14. The lowest BCUT2D eigenvalue weighted by Crippen LogP contribution is -2.00. The van der Waals surface area contributed by atoms with Gasteiger partial charge in [-0.15, -0.1) is 11.6 Å². The molecule has 1 aromatic heterocycles. The molecule has 0 saturated heterocycles. The molecule has 6 heteroatoms. The van der Waals surface area contributed by atoms with E-state index in [1.165, 1.54) is 0 Å². The second kappa shape index (κ2) is 6.52. The van der Waals surface area contributed by atoms with Crippen molar-refractivity contribution in [3.63, 3.8) is 0 Å². The van der Waals surface area contributed by atoms with Crippen LogP contribution in [0.4, 0.5) is 0 Å². The molecule has 0 saturated carbocycles. The van der Waals surface area contributed by atoms with E-state index in [1.54, 1.807) is 25.1 Å². The Kier molecular flexibility index (Phi) is 4.74. The summed E-state index contributed by atoms with van der Waals surface area (Å²) in [5.74, 6) is 2.15. The van der Waals surface area contributed by atoms with Gasteiger partial charge in [-0.3, -0.25) is 4.68 Å². The Hall–Kier alpha value is -1.88. The number of halogens is 1. The quantitative estimate of drug-likeness (QED) is 0.769. The maximum atomic E-state index is 5.85. The van der Waals surface area contributed by atoms with Crippen molar-refractivity contribution in [2.24, 2.45) is 7.05 Å². The van der Waals surface area contributed by atoms with Crippen molar-refractivity contribution in [3.05, 3.63) is 35.7 Å². The zero-order valence-electron chi connectivity index (χ0n) is 11.7. The molecular weight excluding hydrogens is 280 g/mol. The molecule has 1 aromatic carbocycles. The number of aromatic nitrogens is 2. The third kappa shape index (κ3) is 3.17. The number of hydrogen-bond acceptors (Lipinski definition) is 4. The average Bonchev–Trinajstić information content (AvgIpc) is 2.89. The van der Waals surface area contributed by atoms with Crippen LogP contribution in [-0.2, 0) is 19.5 Å². The Morgan fingerprint density at radius 3 is 2.25 bits per heavy atom.